The normalized spacial score (nSPS) is 19.7. The van der Waals surface area contributed by atoms with Gasteiger partial charge in [0.2, 0.25) is 11.8 Å². The fraction of sp³-hybridized carbons (Fsp3) is 0.586. The Kier molecular flexibility index (Phi) is 9.76. The van der Waals surface area contributed by atoms with Crippen molar-refractivity contribution in [3.8, 4) is 0 Å². The van der Waals surface area contributed by atoms with E-state index in [1.165, 1.54) is 0 Å². The van der Waals surface area contributed by atoms with E-state index in [9.17, 15) is 18.4 Å². The van der Waals surface area contributed by atoms with Crippen LogP contribution in [-0.4, -0.2) is 71.4 Å². The number of amides is 2. The molecule has 9 nitrogen and oxygen atoms in total. The minimum Gasteiger partial charge on any atom is -0.356 e. The lowest BCUT2D eigenvalue weighted by molar-refractivity contribution is -0.129. The molecular weight excluding hydrogens is 516 g/mol. The first-order chi connectivity index (χ1) is 19.3. The predicted octanol–water partition coefficient (Wildman–Crippen LogP) is 4.66. The van der Waals surface area contributed by atoms with Crippen molar-refractivity contribution in [1.29, 1.82) is 0 Å². The van der Waals surface area contributed by atoms with E-state index in [2.05, 4.69) is 20.6 Å². The molecule has 2 N–H and O–H groups in total. The number of hydrogen-bond acceptors (Lipinski definition) is 6. The lowest BCUT2D eigenvalue weighted by Crippen LogP contribution is -2.35. The van der Waals surface area contributed by atoms with Crippen molar-refractivity contribution in [3.05, 3.63) is 40.1 Å². The highest BCUT2D eigenvalue weighted by Gasteiger charge is 2.32. The largest absolute Gasteiger partial charge is 0.356 e. The van der Waals surface area contributed by atoms with Gasteiger partial charge in [-0.1, -0.05) is 19.9 Å². The average molecular weight is 558 g/mol. The number of nitrogens with one attached hydrogen (secondary N) is 2. The lowest BCUT2D eigenvalue weighted by Gasteiger charge is -2.33. The third-order valence-corrected chi connectivity index (χ3v) is 7.71. The van der Waals surface area contributed by atoms with Gasteiger partial charge in [0, 0.05) is 87.6 Å². The van der Waals surface area contributed by atoms with Crippen LogP contribution in [-0.2, 0) is 29.0 Å². The number of hydrogen-bond donors (Lipinski definition) is 2. The molecule has 0 saturated carbocycles. The van der Waals surface area contributed by atoms with Crippen LogP contribution in [0.1, 0.15) is 86.7 Å². The second-order valence-electron chi connectivity index (χ2n) is 10.4. The molecule has 5 heterocycles. The summed E-state index contributed by atoms with van der Waals surface area (Å²) < 4.78 is 28.2. The van der Waals surface area contributed by atoms with Crippen LogP contribution < -0.4 is 10.2 Å². The summed E-state index contributed by atoms with van der Waals surface area (Å²) >= 11 is 0. The number of benzene rings is 1. The van der Waals surface area contributed by atoms with Crippen LogP contribution in [0.5, 0.6) is 0 Å². The van der Waals surface area contributed by atoms with Crippen molar-refractivity contribution >= 4 is 29.5 Å². The third-order valence-electron chi connectivity index (χ3n) is 7.71. The summed E-state index contributed by atoms with van der Waals surface area (Å²) in [6, 6.07) is 3.59. The SMILES string of the molecule is CC.CC(=O)N1CCc2[nH]nc(N3CCCc4cc(C5C=NN(C)C5)c(C(F)F)cc43)c2C1.O=C1CCCCN1. The van der Waals surface area contributed by atoms with E-state index in [1.807, 2.05) is 31.9 Å². The van der Waals surface area contributed by atoms with E-state index in [0.29, 0.717) is 31.7 Å². The highest BCUT2D eigenvalue weighted by atomic mass is 19.3. The molecule has 4 aliphatic heterocycles. The number of halogens is 2. The summed E-state index contributed by atoms with van der Waals surface area (Å²) in [5.74, 6) is 0.866. The van der Waals surface area contributed by atoms with Crippen LogP contribution >= 0.6 is 0 Å². The van der Waals surface area contributed by atoms with Crippen molar-refractivity contribution in [2.75, 3.05) is 38.1 Å². The fourth-order valence-electron chi connectivity index (χ4n) is 5.65. The molecule has 40 heavy (non-hydrogen) atoms. The fourth-order valence-corrected chi connectivity index (χ4v) is 5.65. The van der Waals surface area contributed by atoms with E-state index in [4.69, 9.17) is 0 Å². The standard InChI is InChI=1S/C22H26F2N6O.C5H9NO.C2H6/c1-13(31)29-7-5-19-18(12-29)22(27-26-19)30-6-3-4-14-8-16(15-10-25-28(2)11-15)17(21(23)24)9-20(14)30;7-5-3-1-2-4-6-5;1-2/h8-10,15,21H,3-7,11-12H2,1-2H3,(H,26,27);1-4H2,(H,6,7);1-2H3. The number of aromatic nitrogens is 2. The second-order valence-corrected chi connectivity index (χ2v) is 10.4. The summed E-state index contributed by atoms with van der Waals surface area (Å²) in [7, 11) is 1.85. The van der Waals surface area contributed by atoms with Gasteiger partial charge in [-0.3, -0.25) is 19.7 Å². The number of fused-ring (bicyclic) bond motifs is 2. The molecule has 2 amide bonds. The van der Waals surface area contributed by atoms with Crippen LogP contribution in [0.15, 0.2) is 17.2 Å². The van der Waals surface area contributed by atoms with Gasteiger partial charge in [0.05, 0.1) is 6.54 Å². The van der Waals surface area contributed by atoms with Crippen molar-refractivity contribution in [1.82, 2.24) is 25.4 Å². The first kappa shape index (κ1) is 29.5. The van der Waals surface area contributed by atoms with Gasteiger partial charge in [0.15, 0.2) is 5.82 Å². The van der Waals surface area contributed by atoms with Gasteiger partial charge < -0.3 is 15.1 Å². The van der Waals surface area contributed by atoms with Gasteiger partial charge in [-0.25, -0.2) is 8.78 Å². The Morgan fingerprint density at radius 3 is 2.50 bits per heavy atom. The van der Waals surface area contributed by atoms with Crippen LogP contribution in [0.2, 0.25) is 0 Å². The van der Waals surface area contributed by atoms with Gasteiger partial charge in [-0.2, -0.15) is 10.2 Å². The Morgan fingerprint density at radius 2 is 1.90 bits per heavy atom. The van der Waals surface area contributed by atoms with Gasteiger partial charge in [0.1, 0.15) is 0 Å². The summed E-state index contributed by atoms with van der Waals surface area (Å²) in [6.45, 7) is 8.93. The molecule has 0 radical (unpaired) electrons. The minimum atomic E-state index is -2.57. The van der Waals surface area contributed by atoms with Gasteiger partial charge in [0.25, 0.3) is 6.43 Å². The van der Waals surface area contributed by atoms with E-state index >= 15 is 0 Å². The molecule has 1 aromatic carbocycles. The monoisotopic (exact) mass is 557 g/mol. The number of piperidine rings is 1. The number of carbonyl (C=O) groups is 2. The summed E-state index contributed by atoms with van der Waals surface area (Å²) in [6.07, 6.45) is 4.64. The number of H-pyrrole nitrogens is 1. The maximum Gasteiger partial charge on any atom is 0.264 e. The number of aromatic amines is 1. The Morgan fingerprint density at radius 1 is 1.10 bits per heavy atom. The average Bonchev–Trinajstić information content (AvgIpc) is 3.59. The van der Waals surface area contributed by atoms with Gasteiger partial charge in [-0.05, 0) is 42.9 Å². The van der Waals surface area contributed by atoms with Gasteiger partial charge >= 0.3 is 0 Å². The zero-order valence-corrected chi connectivity index (χ0v) is 24.0. The lowest BCUT2D eigenvalue weighted by atomic mass is 9.89. The Hall–Kier alpha value is -3.50. The van der Waals surface area contributed by atoms with Crippen LogP contribution in [0, 0.1) is 0 Å². The second kappa shape index (κ2) is 13.2. The number of carbonyl (C=O) groups excluding carboxylic acids is 2. The third kappa shape index (κ3) is 6.45. The number of aryl methyl sites for hydroxylation is 1. The number of hydrazone groups is 1. The molecule has 218 valence electrons. The number of alkyl halides is 2. The molecule has 0 aliphatic carbocycles. The van der Waals surface area contributed by atoms with Crippen molar-refractivity contribution in [3.63, 3.8) is 0 Å². The molecule has 1 aromatic heterocycles. The molecule has 1 saturated heterocycles. The first-order valence-corrected chi connectivity index (χ1v) is 14.4. The molecule has 0 bridgehead atoms. The van der Waals surface area contributed by atoms with Crippen molar-refractivity contribution in [2.24, 2.45) is 5.10 Å². The molecule has 4 aliphatic rings. The number of anilines is 2. The van der Waals surface area contributed by atoms with Crippen LogP contribution in [0.3, 0.4) is 0 Å². The maximum atomic E-state index is 14.1. The Bertz CT molecular complexity index is 1220. The summed E-state index contributed by atoms with van der Waals surface area (Å²) in [5, 5.41) is 16.4. The highest BCUT2D eigenvalue weighted by molar-refractivity contribution is 5.77. The molecule has 1 unspecified atom stereocenters. The first-order valence-electron chi connectivity index (χ1n) is 14.4. The number of rotatable bonds is 3. The smallest absolute Gasteiger partial charge is 0.264 e. The predicted molar refractivity (Wildman–Crippen MR) is 152 cm³/mol. The topological polar surface area (TPSA) is 96.9 Å². The molecule has 0 spiro atoms. The van der Waals surface area contributed by atoms with Crippen molar-refractivity contribution < 1.29 is 18.4 Å². The molecular formula is C29H41F2N7O2. The van der Waals surface area contributed by atoms with Crippen LogP contribution in [0.4, 0.5) is 20.3 Å². The quantitative estimate of drug-likeness (QED) is 0.572. The summed E-state index contributed by atoms with van der Waals surface area (Å²) in [4.78, 5) is 26.1. The number of nitrogens with zero attached hydrogens (tertiary/aromatic N) is 5. The maximum absolute atomic E-state index is 14.1. The number of likely N-dealkylation sites (N-methyl/N-ethyl adjacent to an activating group) is 1. The molecule has 1 atom stereocenters. The van der Waals surface area contributed by atoms with E-state index < -0.39 is 6.43 Å². The minimum absolute atomic E-state index is 0.0321. The zero-order chi connectivity index (χ0) is 28.8. The molecule has 1 fully saturated rings. The molecule has 2 aromatic rings. The van der Waals surface area contributed by atoms with E-state index in [1.54, 1.807) is 29.1 Å². The van der Waals surface area contributed by atoms with Crippen LogP contribution in [0.25, 0.3) is 0 Å². The highest BCUT2D eigenvalue weighted by Crippen LogP contribution is 2.41. The Balaban J connectivity index is 0.000000355. The Labute approximate surface area is 235 Å². The van der Waals surface area contributed by atoms with Crippen molar-refractivity contribution in [2.45, 2.75) is 78.2 Å². The molecule has 11 heteroatoms. The zero-order valence-electron chi connectivity index (χ0n) is 24.0. The van der Waals surface area contributed by atoms with E-state index in [0.717, 1.165) is 73.4 Å². The van der Waals surface area contributed by atoms with Gasteiger partial charge in [-0.15, -0.1) is 0 Å². The summed E-state index contributed by atoms with van der Waals surface area (Å²) in [5.41, 5.74) is 4.59. The van der Waals surface area contributed by atoms with E-state index in [-0.39, 0.29) is 23.3 Å². The molecule has 6 rings (SSSR count).